The first-order chi connectivity index (χ1) is 7.59. The van der Waals surface area contributed by atoms with Crippen LogP contribution in [0.2, 0.25) is 0 Å². The van der Waals surface area contributed by atoms with E-state index in [2.05, 4.69) is 9.97 Å². The summed E-state index contributed by atoms with van der Waals surface area (Å²) < 4.78 is 24.8. The average molecular weight is 224 g/mol. The van der Waals surface area contributed by atoms with Gasteiger partial charge in [-0.1, -0.05) is 0 Å². The normalized spacial score (nSPS) is 10.9. The Kier molecular flexibility index (Phi) is 2.47. The van der Waals surface area contributed by atoms with Gasteiger partial charge in [0.15, 0.2) is 0 Å². The summed E-state index contributed by atoms with van der Waals surface area (Å²) in [7, 11) is 0. The fourth-order valence-electron chi connectivity index (χ4n) is 1.34. The molecule has 16 heavy (non-hydrogen) atoms. The lowest BCUT2D eigenvalue weighted by atomic mass is 10.1. The Hall–Kier alpha value is -2.11. The summed E-state index contributed by atoms with van der Waals surface area (Å²) in [6, 6.07) is 2.53. The lowest BCUT2D eigenvalue weighted by Crippen LogP contribution is -2.01. The predicted molar refractivity (Wildman–Crippen MR) is 51.5 cm³/mol. The number of halogens is 2. The number of fused-ring (bicyclic) bond motifs is 1. The van der Waals surface area contributed by atoms with Crippen LogP contribution >= 0.6 is 0 Å². The van der Waals surface area contributed by atoms with Gasteiger partial charge in [-0.05, 0) is 12.1 Å². The van der Waals surface area contributed by atoms with E-state index >= 15 is 0 Å². The summed E-state index contributed by atoms with van der Waals surface area (Å²) in [5, 5.41) is 9.27. The van der Waals surface area contributed by atoms with Gasteiger partial charge in [-0.15, -0.1) is 0 Å². The van der Waals surface area contributed by atoms with E-state index in [1.54, 1.807) is 0 Å². The first-order valence-corrected chi connectivity index (χ1v) is 4.35. The number of alkyl halides is 2. The van der Waals surface area contributed by atoms with E-state index in [-0.39, 0.29) is 11.1 Å². The summed E-state index contributed by atoms with van der Waals surface area (Å²) in [4.78, 5) is 18.2. The van der Waals surface area contributed by atoms with E-state index in [1.165, 1.54) is 12.3 Å². The van der Waals surface area contributed by atoms with Gasteiger partial charge in [0, 0.05) is 17.8 Å². The molecule has 0 radical (unpaired) electrons. The molecule has 0 saturated heterocycles. The molecule has 0 aliphatic heterocycles. The van der Waals surface area contributed by atoms with Crippen LogP contribution in [0.4, 0.5) is 8.78 Å². The third-order valence-corrected chi connectivity index (χ3v) is 2.07. The number of rotatable bonds is 2. The van der Waals surface area contributed by atoms with Crippen molar-refractivity contribution in [1.29, 1.82) is 0 Å². The third kappa shape index (κ3) is 1.69. The minimum absolute atomic E-state index is 0.0281. The highest BCUT2D eigenvalue weighted by molar-refractivity contribution is 6.01. The van der Waals surface area contributed by atoms with Gasteiger partial charge in [0.2, 0.25) is 0 Å². The molecule has 2 aromatic rings. The van der Waals surface area contributed by atoms with Crippen molar-refractivity contribution < 1.29 is 18.7 Å². The summed E-state index contributed by atoms with van der Waals surface area (Å²) >= 11 is 0. The zero-order chi connectivity index (χ0) is 11.7. The van der Waals surface area contributed by atoms with Crippen molar-refractivity contribution in [2.24, 2.45) is 0 Å². The van der Waals surface area contributed by atoms with Crippen molar-refractivity contribution in [3.63, 3.8) is 0 Å². The van der Waals surface area contributed by atoms with Crippen LogP contribution in [0.1, 0.15) is 22.5 Å². The Labute approximate surface area is 88.6 Å². The number of carboxylic acid groups (broad SMARTS) is 1. The molecule has 0 aliphatic rings. The molecular weight excluding hydrogens is 218 g/mol. The van der Waals surface area contributed by atoms with Crippen molar-refractivity contribution in [1.82, 2.24) is 9.97 Å². The van der Waals surface area contributed by atoms with E-state index in [0.717, 1.165) is 12.3 Å². The number of nitrogens with zero attached hydrogens (tertiary/aromatic N) is 2. The third-order valence-electron chi connectivity index (χ3n) is 2.07. The molecular formula is C10H6F2N2O2. The number of hydrogen-bond donors (Lipinski definition) is 1. The lowest BCUT2D eigenvalue weighted by Gasteiger charge is -2.03. The summed E-state index contributed by atoms with van der Waals surface area (Å²) in [6.07, 6.45) is -0.254. The second-order valence-corrected chi connectivity index (χ2v) is 3.10. The zero-order valence-corrected chi connectivity index (χ0v) is 7.89. The Morgan fingerprint density at radius 3 is 2.69 bits per heavy atom. The van der Waals surface area contributed by atoms with Gasteiger partial charge in [0.25, 0.3) is 6.43 Å². The van der Waals surface area contributed by atoms with Crippen LogP contribution in [-0.4, -0.2) is 21.0 Å². The van der Waals surface area contributed by atoms with Gasteiger partial charge in [-0.25, -0.2) is 18.6 Å². The van der Waals surface area contributed by atoms with Crippen LogP contribution < -0.4 is 0 Å². The first kappa shape index (κ1) is 10.4. The summed E-state index contributed by atoms with van der Waals surface area (Å²) in [5.74, 6) is -1.24. The van der Waals surface area contributed by atoms with Gasteiger partial charge in [0.05, 0.1) is 5.52 Å². The highest BCUT2D eigenvalue weighted by Crippen LogP contribution is 2.21. The number of carboxylic acids is 1. The standard InChI is InChI=1S/C10H6F2N2O2/c11-9(12)7-2-1-5-3-13-4-6(10(15)16)8(5)14-7/h1-4,9H,(H,15,16). The smallest absolute Gasteiger partial charge is 0.339 e. The Bertz CT molecular complexity index is 558. The van der Waals surface area contributed by atoms with Gasteiger partial charge < -0.3 is 5.11 Å². The maximum Gasteiger partial charge on any atom is 0.339 e. The zero-order valence-electron chi connectivity index (χ0n) is 7.89. The SMILES string of the molecule is O=C(O)c1cncc2ccc(C(F)F)nc12. The quantitative estimate of drug-likeness (QED) is 0.849. The van der Waals surface area contributed by atoms with Crippen LogP contribution in [0.25, 0.3) is 10.9 Å². The van der Waals surface area contributed by atoms with Crippen LogP contribution in [0, 0.1) is 0 Å². The van der Waals surface area contributed by atoms with Crippen molar-refractivity contribution in [2.75, 3.05) is 0 Å². The van der Waals surface area contributed by atoms with Gasteiger partial charge in [0.1, 0.15) is 11.3 Å². The van der Waals surface area contributed by atoms with Crippen LogP contribution in [0.3, 0.4) is 0 Å². The van der Waals surface area contributed by atoms with Crippen molar-refractivity contribution in [3.8, 4) is 0 Å². The Morgan fingerprint density at radius 2 is 2.06 bits per heavy atom. The molecule has 0 amide bonds. The van der Waals surface area contributed by atoms with Crippen molar-refractivity contribution >= 4 is 16.9 Å². The molecule has 0 unspecified atom stereocenters. The largest absolute Gasteiger partial charge is 0.478 e. The second kappa shape index (κ2) is 3.80. The van der Waals surface area contributed by atoms with Crippen molar-refractivity contribution in [3.05, 3.63) is 35.8 Å². The second-order valence-electron chi connectivity index (χ2n) is 3.10. The molecule has 2 rings (SSSR count). The molecule has 4 nitrogen and oxygen atoms in total. The van der Waals surface area contributed by atoms with E-state index in [4.69, 9.17) is 5.11 Å². The van der Waals surface area contributed by atoms with Crippen LogP contribution in [0.15, 0.2) is 24.5 Å². The molecule has 0 bridgehead atoms. The topological polar surface area (TPSA) is 63.1 Å². The first-order valence-electron chi connectivity index (χ1n) is 4.35. The summed E-state index contributed by atoms with van der Waals surface area (Å²) in [6.45, 7) is 0. The number of hydrogen-bond acceptors (Lipinski definition) is 3. The van der Waals surface area contributed by atoms with Gasteiger partial charge in [-0.2, -0.15) is 0 Å². The molecule has 0 aliphatic carbocycles. The molecule has 0 aromatic carbocycles. The van der Waals surface area contributed by atoms with Crippen molar-refractivity contribution in [2.45, 2.75) is 6.43 Å². The van der Waals surface area contributed by atoms with Crippen LogP contribution in [-0.2, 0) is 0 Å². The van der Waals surface area contributed by atoms with Crippen LogP contribution in [0.5, 0.6) is 0 Å². The molecule has 6 heteroatoms. The lowest BCUT2D eigenvalue weighted by molar-refractivity contribution is 0.0698. The minimum Gasteiger partial charge on any atom is -0.478 e. The molecule has 82 valence electrons. The molecule has 0 saturated carbocycles. The molecule has 1 N–H and O–H groups in total. The highest BCUT2D eigenvalue weighted by atomic mass is 19.3. The van der Waals surface area contributed by atoms with E-state index in [9.17, 15) is 13.6 Å². The van der Waals surface area contributed by atoms with E-state index in [0.29, 0.717) is 5.39 Å². The maximum absolute atomic E-state index is 12.4. The predicted octanol–water partition coefficient (Wildman–Crippen LogP) is 2.27. The fourth-order valence-corrected chi connectivity index (χ4v) is 1.34. The molecule has 2 heterocycles. The number of aromatic nitrogens is 2. The number of pyridine rings is 2. The van der Waals surface area contributed by atoms with Gasteiger partial charge in [-0.3, -0.25) is 4.98 Å². The minimum atomic E-state index is -2.72. The number of aromatic carboxylic acids is 1. The highest BCUT2D eigenvalue weighted by Gasteiger charge is 2.14. The fraction of sp³-hybridized carbons (Fsp3) is 0.100. The van der Waals surface area contributed by atoms with Gasteiger partial charge >= 0.3 is 5.97 Å². The monoisotopic (exact) mass is 224 g/mol. The number of carbonyl (C=O) groups is 1. The Balaban J connectivity index is 2.73. The molecule has 0 atom stereocenters. The molecule has 2 aromatic heterocycles. The Morgan fingerprint density at radius 1 is 1.31 bits per heavy atom. The molecule has 0 fully saturated rings. The molecule has 0 spiro atoms. The maximum atomic E-state index is 12.4. The summed E-state index contributed by atoms with van der Waals surface area (Å²) in [5.41, 5.74) is -0.596. The average Bonchev–Trinajstić information content (AvgIpc) is 2.27. The van der Waals surface area contributed by atoms with E-state index < -0.39 is 18.1 Å². The van der Waals surface area contributed by atoms with E-state index in [1.807, 2.05) is 0 Å².